The first kappa shape index (κ1) is 18.4. The highest BCUT2D eigenvalue weighted by Crippen LogP contribution is 2.36. The maximum atomic E-state index is 13.1. The molecule has 0 spiro atoms. The number of hydrogen-bond donors (Lipinski definition) is 2. The largest absolute Gasteiger partial charge is 0.276 e. The maximum absolute atomic E-state index is 13.1. The first-order valence-corrected chi connectivity index (χ1v) is 11.4. The molecule has 1 aromatic carbocycles. The highest BCUT2D eigenvalue weighted by molar-refractivity contribution is 7.89. The van der Waals surface area contributed by atoms with E-state index in [1.54, 1.807) is 6.07 Å². The molecule has 7 heteroatoms. The second kappa shape index (κ2) is 6.89. The Labute approximate surface area is 163 Å². The molecule has 3 aromatic rings. The number of thiophene rings is 1. The van der Waals surface area contributed by atoms with Gasteiger partial charge < -0.3 is 0 Å². The van der Waals surface area contributed by atoms with Gasteiger partial charge in [0, 0.05) is 10.9 Å². The molecule has 2 aromatic heterocycles. The highest BCUT2D eigenvalue weighted by Gasteiger charge is 2.28. The van der Waals surface area contributed by atoms with Crippen LogP contribution >= 0.6 is 11.3 Å². The Kier molecular flexibility index (Phi) is 4.70. The van der Waals surface area contributed by atoms with E-state index in [0.717, 1.165) is 51.5 Å². The van der Waals surface area contributed by atoms with Crippen molar-refractivity contribution in [1.82, 2.24) is 14.9 Å². The number of nitrogens with zero attached hydrogens (tertiary/aromatic N) is 1. The van der Waals surface area contributed by atoms with Gasteiger partial charge in [-0.15, -0.1) is 11.3 Å². The average Bonchev–Trinajstić information content (AvgIpc) is 3.18. The lowest BCUT2D eigenvalue weighted by molar-refractivity contribution is 0.507. The summed E-state index contributed by atoms with van der Waals surface area (Å²) in [6.45, 7) is 5.79. The second-order valence-corrected chi connectivity index (χ2v) is 10.0. The van der Waals surface area contributed by atoms with Gasteiger partial charge in [0.25, 0.3) is 0 Å². The number of aromatic amines is 1. The summed E-state index contributed by atoms with van der Waals surface area (Å²) in [5, 5.41) is 7.25. The van der Waals surface area contributed by atoms with Crippen molar-refractivity contribution in [2.45, 2.75) is 51.0 Å². The van der Waals surface area contributed by atoms with E-state index in [9.17, 15) is 8.42 Å². The molecule has 2 heterocycles. The second-order valence-electron chi connectivity index (χ2n) is 7.11. The van der Waals surface area contributed by atoms with Crippen molar-refractivity contribution >= 4 is 21.4 Å². The molecular formula is C20H23N3O2S2. The molecule has 0 saturated carbocycles. The smallest absolute Gasteiger partial charge is 0.242 e. The van der Waals surface area contributed by atoms with Gasteiger partial charge in [-0.25, -0.2) is 13.1 Å². The van der Waals surface area contributed by atoms with E-state index < -0.39 is 10.0 Å². The van der Waals surface area contributed by atoms with Gasteiger partial charge in [0.15, 0.2) is 0 Å². The van der Waals surface area contributed by atoms with E-state index in [1.807, 2.05) is 39.0 Å². The van der Waals surface area contributed by atoms with Gasteiger partial charge in [0.05, 0.1) is 21.2 Å². The van der Waals surface area contributed by atoms with Crippen LogP contribution in [0.4, 0.5) is 0 Å². The average molecular weight is 402 g/mol. The van der Waals surface area contributed by atoms with Crippen molar-refractivity contribution in [3.63, 3.8) is 0 Å². The summed E-state index contributed by atoms with van der Waals surface area (Å²) < 4.78 is 29.2. The van der Waals surface area contributed by atoms with E-state index in [1.165, 1.54) is 16.9 Å². The molecule has 27 heavy (non-hydrogen) atoms. The van der Waals surface area contributed by atoms with Crippen molar-refractivity contribution in [2.75, 3.05) is 0 Å². The fraction of sp³-hybridized carbons (Fsp3) is 0.350. The van der Waals surface area contributed by atoms with Crippen molar-refractivity contribution < 1.29 is 8.42 Å². The normalized spacial score (nSPS) is 17.1. The number of aryl methyl sites for hydroxylation is 3. The number of rotatable bonds is 4. The van der Waals surface area contributed by atoms with Crippen LogP contribution < -0.4 is 4.72 Å². The van der Waals surface area contributed by atoms with Crippen LogP contribution in [0.1, 0.15) is 46.1 Å². The molecule has 142 valence electrons. The van der Waals surface area contributed by atoms with Crippen LogP contribution in [-0.2, 0) is 16.4 Å². The Morgan fingerprint density at radius 3 is 2.74 bits per heavy atom. The molecule has 0 radical (unpaired) electrons. The Morgan fingerprint density at radius 1 is 1.22 bits per heavy atom. The number of nitrogens with one attached hydrogen (secondary N) is 2. The predicted octanol–water partition coefficient (Wildman–Crippen LogP) is 4.42. The first-order valence-electron chi connectivity index (χ1n) is 9.09. The minimum absolute atomic E-state index is 0.168. The fourth-order valence-corrected chi connectivity index (χ4v) is 6.60. The van der Waals surface area contributed by atoms with E-state index >= 15 is 0 Å². The zero-order valence-corrected chi connectivity index (χ0v) is 17.3. The SMILES string of the molecule is Cc1n[nH]c(-c2cc(S(=O)(=O)NC3CCCc4ccccc43)c(C)s2)c1C. The van der Waals surface area contributed by atoms with Gasteiger partial charge >= 0.3 is 0 Å². The molecule has 0 amide bonds. The number of aromatic nitrogens is 2. The van der Waals surface area contributed by atoms with E-state index in [0.29, 0.717) is 4.90 Å². The van der Waals surface area contributed by atoms with E-state index in [2.05, 4.69) is 21.0 Å². The van der Waals surface area contributed by atoms with Crippen molar-refractivity contribution in [2.24, 2.45) is 0 Å². The third-order valence-electron chi connectivity index (χ3n) is 5.33. The van der Waals surface area contributed by atoms with Crippen molar-refractivity contribution in [1.29, 1.82) is 0 Å². The van der Waals surface area contributed by atoms with Gasteiger partial charge in [-0.1, -0.05) is 24.3 Å². The van der Waals surface area contributed by atoms with E-state index in [4.69, 9.17) is 0 Å². The minimum Gasteiger partial charge on any atom is -0.276 e. The number of sulfonamides is 1. The summed E-state index contributed by atoms with van der Waals surface area (Å²) in [5.74, 6) is 0. The predicted molar refractivity (Wildman–Crippen MR) is 109 cm³/mol. The zero-order valence-electron chi connectivity index (χ0n) is 15.7. The Hall–Kier alpha value is -1.96. The molecule has 1 aliphatic rings. The Balaban J connectivity index is 1.67. The van der Waals surface area contributed by atoms with Crippen LogP contribution in [0, 0.1) is 20.8 Å². The van der Waals surface area contributed by atoms with Gasteiger partial charge in [-0.05, 0) is 62.8 Å². The number of benzene rings is 1. The number of hydrogen-bond acceptors (Lipinski definition) is 4. The minimum atomic E-state index is -3.60. The highest BCUT2D eigenvalue weighted by atomic mass is 32.2. The molecule has 0 aliphatic heterocycles. The fourth-order valence-electron chi connectivity index (χ4n) is 3.71. The molecule has 2 N–H and O–H groups in total. The lowest BCUT2D eigenvalue weighted by atomic mass is 9.88. The van der Waals surface area contributed by atoms with Crippen molar-refractivity contribution in [3.05, 3.63) is 57.6 Å². The van der Waals surface area contributed by atoms with Gasteiger partial charge in [-0.3, -0.25) is 5.10 Å². The quantitative estimate of drug-likeness (QED) is 0.679. The Bertz CT molecular complexity index is 1100. The first-order chi connectivity index (χ1) is 12.9. The van der Waals surface area contributed by atoms with Crippen LogP contribution in [0.15, 0.2) is 35.2 Å². The van der Waals surface area contributed by atoms with Crippen molar-refractivity contribution in [3.8, 4) is 10.6 Å². The van der Waals surface area contributed by atoms with Crippen LogP contribution in [0.5, 0.6) is 0 Å². The summed E-state index contributed by atoms with van der Waals surface area (Å²) in [6.07, 6.45) is 2.82. The van der Waals surface area contributed by atoms with Crippen LogP contribution in [0.25, 0.3) is 10.6 Å². The van der Waals surface area contributed by atoms with Crippen LogP contribution in [-0.4, -0.2) is 18.6 Å². The third-order valence-corrected chi connectivity index (χ3v) is 8.12. The van der Waals surface area contributed by atoms with E-state index in [-0.39, 0.29) is 6.04 Å². The summed E-state index contributed by atoms with van der Waals surface area (Å²) in [7, 11) is -3.60. The standard InChI is InChI=1S/C20H23N3O2S2/c1-12-13(2)21-22-20(12)18-11-19(14(3)26-18)27(24,25)23-17-10-6-8-15-7-4-5-9-16(15)17/h4-5,7,9,11,17,23H,6,8,10H2,1-3H3,(H,21,22). The summed E-state index contributed by atoms with van der Waals surface area (Å²) in [5.41, 5.74) is 5.21. The third kappa shape index (κ3) is 3.35. The molecule has 0 bridgehead atoms. The van der Waals surface area contributed by atoms with Gasteiger partial charge in [-0.2, -0.15) is 5.10 Å². The molecule has 0 saturated heterocycles. The van der Waals surface area contributed by atoms with Gasteiger partial charge in [0.1, 0.15) is 0 Å². The lowest BCUT2D eigenvalue weighted by Gasteiger charge is -2.26. The zero-order chi connectivity index (χ0) is 19.2. The summed E-state index contributed by atoms with van der Waals surface area (Å²) in [6, 6.07) is 9.70. The topological polar surface area (TPSA) is 74.8 Å². The lowest BCUT2D eigenvalue weighted by Crippen LogP contribution is -2.31. The van der Waals surface area contributed by atoms with Gasteiger partial charge in [0.2, 0.25) is 10.0 Å². The molecular weight excluding hydrogens is 378 g/mol. The number of H-pyrrole nitrogens is 1. The number of fused-ring (bicyclic) bond motifs is 1. The Morgan fingerprint density at radius 2 is 2.00 bits per heavy atom. The maximum Gasteiger partial charge on any atom is 0.242 e. The molecule has 4 rings (SSSR count). The molecule has 0 fully saturated rings. The monoisotopic (exact) mass is 401 g/mol. The summed E-state index contributed by atoms with van der Waals surface area (Å²) in [4.78, 5) is 2.04. The molecule has 1 unspecified atom stereocenters. The molecule has 5 nitrogen and oxygen atoms in total. The molecule has 1 aliphatic carbocycles. The van der Waals surface area contributed by atoms with Crippen LogP contribution in [0.2, 0.25) is 0 Å². The summed E-state index contributed by atoms with van der Waals surface area (Å²) >= 11 is 1.48. The van der Waals surface area contributed by atoms with Crippen LogP contribution in [0.3, 0.4) is 0 Å². The molecule has 1 atom stereocenters.